The monoisotopic (exact) mass is 1410 g/mol. The number of amides is 6. The van der Waals surface area contributed by atoms with Crippen LogP contribution in [0.3, 0.4) is 0 Å². The lowest BCUT2D eigenvalue weighted by Gasteiger charge is -2.22. The largest absolute Gasteiger partial charge is 0.491 e. The quantitative estimate of drug-likeness (QED) is 0.00542. The van der Waals surface area contributed by atoms with Crippen molar-refractivity contribution in [3.05, 3.63) is 119 Å². The van der Waals surface area contributed by atoms with E-state index in [1.165, 1.54) is 97.1 Å². The van der Waals surface area contributed by atoms with E-state index >= 15 is 0 Å². The summed E-state index contributed by atoms with van der Waals surface area (Å²) in [7, 11) is 0. The molecule has 4 rings (SSSR count). The highest BCUT2D eigenvalue weighted by Gasteiger charge is 2.43. The molecule has 540 valence electrons. The number of ether oxygens (including phenoxy) is 9. The summed E-state index contributed by atoms with van der Waals surface area (Å²) in [5.41, 5.74) is 12.4. The van der Waals surface area contributed by atoms with Gasteiger partial charge in [0.1, 0.15) is 48.9 Å². The van der Waals surface area contributed by atoms with Crippen molar-refractivity contribution >= 4 is 101 Å². The van der Waals surface area contributed by atoms with Crippen LogP contribution in [0, 0.1) is 10.8 Å². The van der Waals surface area contributed by atoms with Crippen molar-refractivity contribution in [2.75, 3.05) is 76.6 Å². The van der Waals surface area contributed by atoms with Crippen molar-refractivity contribution in [1.29, 1.82) is 10.8 Å². The second-order valence-electron chi connectivity index (χ2n) is 20.3. The topological polar surface area (TPSA) is 562 Å². The number of benzene rings is 4. The lowest BCUT2D eigenvalue weighted by molar-refractivity contribution is -0.202. The Hall–Kier alpha value is -12.0. The number of esters is 4. The summed E-state index contributed by atoms with van der Waals surface area (Å²) in [6, 6.07) is 15.0. The number of aliphatic carboxylic acids is 3. The van der Waals surface area contributed by atoms with Crippen LogP contribution in [0.25, 0.3) is 0 Å². The fourth-order valence-corrected chi connectivity index (χ4v) is 7.77. The Kier molecular flexibility index (Phi) is 33.6. The molecule has 0 heterocycles. The van der Waals surface area contributed by atoms with Gasteiger partial charge in [0.05, 0.1) is 89.7 Å². The minimum atomic E-state index is -5.65. The van der Waals surface area contributed by atoms with Crippen molar-refractivity contribution < 1.29 is 133 Å². The number of carbonyl (C=O) groups excluding carboxylic acids is 10. The van der Waals surface area contributed by atoms with Crippen molar-refractivity contribution in [2.45, 2.75) is 69.2 Å². The Balaban J connectivity index is 1.11. The average molecular weight is 1420 g/mol. The zero-order chi connectivity index (χ0) is 73.7. The molecule has 0 saturated heterocycles. The maximum atomic E-state index is 13.3. The first-order chi connectivity index (χ1) is 47.4. The number of rotatable bonds is 41. The van der Waals surface area contributed by atoms with Gasteiger partial charge in [-0.3, -0.25) is 49.2 Å². The highest BCUT2D eigenvalue weighted by molar-refractivity contribution is 5.98. The van der Waals surface area contributed by atoms with Crippen molar-refractivity contribution in [2.24, 2.45) is 11.5 Å². The number of halogens is 3. The van der Waals surface area contributed by atoms with E-state index in [0.717, 1.165) is 0 Å². The summed E-state index contributed by atoms with van der Waals surface area (Å²) >= 11 is 0. The van der Waals surface area contributed by atoms with Gasteiger partial charge in [-0.1, -0.05) is 24.3 Å². The van der Waals surface area contributed by atoms with E-state index in [-0.39, 0.29) is 106 Å². The summed E-state index contributed by atoms with van der Waals surface area (Å²) < 4.78 is 84.6. The molecule has 0 bridgehead atoms. The smallest absolute Gasteiger partial charge is 0.481 e. The number of carbonyl (C=O) groups is 13. The van der Waals surface area contributed by atoms with Crippen LogP contribution in [-0.2, 0) is 89.5 Å². The molecule has 4 aromatic carbocycles. The summed E-state index contributed by atoms with van der Waals surface area (Å²) in [4.78, 5) is 162. The fourth-order valence-electron chi connectivity index (χ4n) is 7.77. The van der Waals surface area contributed by atoms with E-state index in [4.69, 9.17) is 60.2 Å². The average Bonchev–Trinajstić information content (AvgIpc) is 0.887. The first-order valence-electron chi connectivity index (χ1n) is 29.3. The molecule has 40 heteroatoms. The van der Waals surface area contributed by atoms with Gasteiger partial charge in [-0.2, -0.15) is 13.2 Å². The summed E-state index contributed by atoms with van der Waals surface area (Å²) in [5, 5.41) is 60.7. The predicted molar refractivity (Wildman–Crippen MR) is 333 cm³/mol. The molecule has 37 nitrogen and oxygen atoms in total. The summed E-state index contributed by atoms with van der Waals surface area (Å²) in [6.07, 6.45) is -12.9. The molecule has 0 aliphatic carbocycles. The van der Waals surface area contributed by atoms with E-state index in [2.05, 4.69) is 36.6 Å². The van der Waals surface area contributed by atoms with Gasteiger partial charge in [-0.05, 0) is 83.9 Å². The van der Waals surface area contributed by atoms with Crippen LogP contribution in [0.1, 0.15) is 57.5 Å². The Morgan fingerprint density at radius 2 is 0.750 bits per heavy atom. The number of alkyl halides is 3. The van der Waals surface area contributed by atoms with Gasteiger partial charge in [-0.15, -0.1) is 0 Å². The standard InChI is InChI=1S/C60H69F3N12O25/c61-60(62,63)55(89)100-48(82)30-44(75-59(91)97-32-34-3-15-40(16-4-34)99-54(88)36-7-11-38(12-8-36)71-57(66)67)52(86)73-42(28-46(78)79)50(84)69-18-20-93-22-24-95-26-25-94-23-21-92-19-17-68-49(83)41(27-45(76)77)72-51(85)43(29-47(80)81)74-58(90)96-31-33-1-13-39(14-2-33)98-53(87)35-5-9-37(10-6-35)70-56(64)65/h1-16,41-44H,17-32H2,(H,68,83)(H,69,84)(H,72,85)(H,73,86)(H,74,90)(H,75,91)(H,76,77)(H,78,79)(H,80,81)(H4,64,65,70)(H4,66,67,71)/t41-,42-,43-,44-/m0/s1. The van der Waals surface area contributed by atoms with Gasteiger partial charge >= 0.3 is 60.1 Å². The molecular weight excluding hydrogens is 1350 g/mol. The van der Waals surface area contributed by atoms with Gasteiger partial charge in [0.2, 0.25) is 23.6 Å². The molecule has 0 spiro atoms. The fraction of sp³-hybridized carbons (Fsp3) is 0.350. The molecule has 0 saturated carbocycles. The molecule has 4 atom stereocenters. The number of nitrogens with one attached hydrogen (secondary N) is 10. The molecule has 4 aromatic rings. The van der Waals surface area contributed by atoms with E-state index in [9.17, 15) is 90.8 Å². The van der Waals surface area contributed by atoms with E-state index < -0.39 is 147 Å². The molecule has 0 unspecified atom stereocenters. The maximum absolute atomic E-state index is 13.3. The van der Waals surface area contributed by atoms with Crippen molar-refractivity contribution in [3.63, 3.8) is 0 Å². The second kappa shape index (κ2) is 41.8. The van der Waals surface area contributed by atoms with Gasteiger partial charge < -0.3 is 112 Å². The predicted octanol–water partition coefficient (Wildman–Crippen LogP) is 0.340. The van der Waals surface area contributed by atoms with Crippen LogP contribution >= 0.6 is 0 Å². The van der Waals surface area contributed by atoms with Crippen LogP contribution in [0.2, 0.25) is 0 Å². The lowest BCUT2D eigenvalue weighted by atomic mass is 10.1. The van der Waals surface area contributed by atoms with Crippen molar-refractivity contribution in [1.82, 2.24) is 31.9 Å². The van der Waals surface area contributed by atoms with Crippen LogP contribution in [-0.4, -0.2) is 201 Å². The van der Waals surface area contributed by atoms with Crippen molar-refractivity contribution in [3.8, 4) is 11.5 Å². The molecule has 0 fully saturated rings. The first-order valence-corrected chi connectivity index (χ1v) is 29.3. The van der Waals surface area contributed by atoms with E-state index in [1.807, 2.05) is 10.6 Å². The number of carboxylic acid groups (broad SMARTS) is 3. The number of alkyl carbamates (subject to hydrolysis) is 2. The SMILES string of the molecule is N=C(N)Nc1ccc(C(=O)Oc2ccc(COC(=O)N[C@@H](CC(=O)O)C(=O)N[C@@H](CC(=O)O)C(=O)NCCOCCOCCOCCOCCNC(=O)[C@H](CC(=O)O)NC(=O)[C@H](CC(=O)OC(=O)C(F)(F)F)NC(=O)OCc3ccc(OC(=O)c4ccc(NC(=N)N)cc4)cc3)cc2)cc1. The zero-order valence-electron chi connectivity index (χ0n) is 52.5. The van der Waals surface area contributed by atoms with Gasteiger partial charge in [-0.25, -0.2) is 24.0 Å². The normalized spacial score (nSPS) is 12.0. The highest BCUT2D eigenvalue weighted by Crippen LogP contribution is 2.20. The van der Waals surface area contributed by atoms with Gasteiger partial charge in [0.25, 0.3) is 0 Å². The molecule has 0 aliphatic heterocycles. The highest BCUT2D eigenvalue weighted by atomic mass is 19.4. The number of guanidine groups is 2. The molecule has 6 amide bonds. The summed E-state index contributed by atoms with van der Waals surface area (Å²) in [5.74, 6) is -16.4. The zero-order valence-corrected chi connectivity index (χ0v) is 52.5. The molecule has 17 N–H and O–H groups in total. The third-order valence-electron chi connectivity index (χ3n) is 12.4. The Bertz CT molecular complexity index is 3510. The Labute approximate surface area is 563 Å². The molecule has 100 heavy (non-hydrogen) atoms. The number of hydrogen-bond acceptors (Lipinski definition) is 24. The molecule has 0 aliphatic rings. The number of nitrogens with two attached hydrogens (primary N) is 2. The molecule has 0 radical (unpaired) electrons. The van der Waals surface area contributed by atoms with E-state index in [0.29, 0.717) is 16.9 Å². The Morgan fingerprint density at radius 3 is 1.07 bits per heavy atom. The molecule has 0 aromatic heterocycles. The van der Waals surface area contributed by atoms with Crippen LogP contribution < -0.4 is 63.5 Å². The number of hydrogen-bond donors (Lipinski definition) is 15. The third kappa shape index (κ3) is 32.1. The van der Waals surface area contributed by atoms with Crippen LogP contribution in [0.4, 0.5) is 34.1 Å². The molecular formula is C60H69F3N12O25. The summed E-state index contributed by atoms with van der Waals surface area (Å²) in [6.45, 7) is -1.58. The van der Waals surface area contributed by atoms with Crippen LogP contribution in [0.15, 0.2) is 97.1 Å². The van der Waals surface area contributed by atoms with E-state index in [1.54, 1.807) is 0 Å². The Morgan fingerprint density at radius 1 is 0.430 bits per heavy atom. The third-order valence-corrected chi connectivity index (χ3v) is 12.4. The minimum Gasteiger partial charge on any atom is -0.481 e. The maximum Gasteiger partial charge on any atom is 0.491 e. The minimum absolute atomic E-state index is 0.00812. The van der Waals surface area contributed by atoms with Gasteiger partial charge in [0, 0.05) is 24.5 Å². The first kappa shape index (κ1) is 80.4. The second-order valence-corrected chi connectivity index (χ2v) is 20.3. The number of carboxylic acids is 3. The lowest BCUT2D eigenvalue weighted by Crippen LogP contribution is -2.55. The van der Waals surface area contributed by atoms with Gasteiger partial charge in [0.15, 0.2) is 11.9 Å². The number of anilines is 2. The van der Waals surface area contributed by atoms with Crippen LogP contribution in [0.5, 0.6) is 11.5 Å².